The molecule has 5 heteroatoms. The van der Waals surface area contributed by atoms with Crippen molar-refractivity contribution in [3.63, 3.8) is 0 Å². The van der Waals surface area contributed by atoms with Crippen molar-refractivity contribution in [1.82, 2.24) is 5.32 Å². The minimum atomic E-state index is -1.21. The number of nitrogens with zero attached hydrogens (tertiary/aromatic N) is 1. The van der Waals surface area contributed by atoms with Gasteiger partial charge < -0.3 is 15.5 Å². The van der Waals surface area contributed by atoms with Gasteiger partial charge in [-0.1, -0.05) is 50.1 Å². The van der Waals surface area contributed by atoms with E-state index >= 15 is 0 Å². The molecule has 0 aromatic heterocycles. The fraction of sp³-hybridized carbons (Fsp3) is 0.300. The number of fused-ring (bicyclic) bond motifs is 3. The number of hydrogen-bond donors (Lipinski definition) is 2. The van der Waals surface area contributed by atoms with E-state index in [4.69, 9.17) is 0 Å². The number of unbranched alkanes of at least 4 members (excludes halogenated alkanes) is 2. The summed E-state index contributed by atoms with van der Waals surface area (Å²) in [7, 11) is 0. The molecule has 4 rings (SSSR count). The maximum atomic E-state index is 13.3. The van der Waals surface area contributed by atoms with Crippen molar-refractivity contribution in [3.05, 3.63) is 59.7 Å². The quantitative estimate of drug-likeness (QED) is 0.843. The summed E-state index contributed by atoms with van der Waals surface area (Å²) in [5.41, 5.74) is 1.71. The molecule has 0 saturated carbocycles. The Morgan fingerprint density at radius 3 is 2.56 bits per heavy atom. The maximum Gasteiger partial charge on any atom is 0.278 e. The van der Waals surface area contributed by atoms with Crippen LogP contribution in [0.5, 0.6) is 0 Å². The van der Waals surface area contributed by atoms with Crippen LogP contribution in [0.2, 0.25) is 0 Å². The molecular formula is C20H21N3O2. The summed E-state index contributed by atoms with van der Waals surface area (Å²) in [5.74, 6) is -0.347. The van der Waals surface area contributed by atoms with Gasteiger partial charge in [-0.15, -0.1) is 0 Å². The van der Waals surface area contributed by atoms with Crippen LogP contribution in [0.15, 0.2) is 48.5 Å². The first-order valence-electron chi connectivity index (χ1n) is 8.78. The second-order valence-corrected chi connectivity index (χ2v) is 6.56. The van der Waals surface area contributed by atoms with Gasteiger partial charge in [0.25, 0.3) is 11.8 Å². The molecule has 1 spiro atoms. The first-order valence-corrected chi connectivity index (χ1v) is 8.78. The molecule has 5 nitrogen and oxygen atoms in total. The Hall–Kier alpha value is -2.82. The van der Waals surface area contributed by atoms with Crippen molar-refractivity contribution >= 4 is 23.2 Å². The zero-order valence-corrected chi connectivity index (χ0v) is 14.2. The highest BCUT2D eigenvalue weighted by Gasteiger charge is 2.54. The van der Waals surface area contributed by atoms with Crippen LogP contribution in [0.3, 0.4) is 0 Å². The highest BCUT2D eigenvalue weighted by atomic mass is 16.2. The number of hydrogen-bond acceptors (Lipinski definition) is 3. The van der Waals surface area contributed by atoms with Gasteiger partial charge >= 0.3 is 0 Å². The average molecular weight is 335 g/mol. The topological polar surface area (TPSA) is 61.4 Å². The number of anilines is 2. The molecule has 1 atom stereocenters. The summed E-state index contributed by atoms with van der Waals surface area (Å²) in [6.45, 7) is 2.80. The Balaban J connectivity index is 1.78. The Kier molecular flexibility index (Phi) is 3.71. The summed E-state index contributed by atoms with van der Waals surface area (Å²) in [4.78, 5) is 27.8. The smallest absolute Gasteiger partial charge is 0.278 e. The molecule has 2 heterocycles. The molecule has 0 bridgehead atoms. The molecule has 2 aromatic carbocycles. The highest BCUT2D eigenvalue weighted by molar-refractivity contribution is 6.15. The average Bonchev–Trinajstić information content (AvgIpc) is 2.85. The van der Waals surface area contributed by atoms with Gasteiger partial charge in [0.15, 0.2) is 0 Å². The third-order valence-electron chi connectivity index (χ3n) is 4.94. The van der Waals surface area contributed by atoms with E-state index in [0.717, 1.165) is 30.5 Å². The Labute approximate surface area is 147 Å². The summed E-state index contributed by atoms with van der Waals surface area (Å²) < 4.78 is 0. The molecule has 25 heavy (non-hydrogen) atoms. The van der Waals surface area contributed by atoms with Crippen molar-refractivity contribution in [2.45, 2.75) is 31.8 Å². The monoisotopic (exact) mass is 335 g/mol. The van der Waals surface area contributed by atoms with Gasteiger partial charge in [0.1, 0.15) is 0 Å². The molecule has 1 unspecified atom stereocenters. The standard InChI is InChI=1S/C20H21N3O2/c1-2-3-8-13-23-17-12-7-5-10-15(17)20(19(23)25)21-16-11-6-4-9-14(16)18(24)22-20/h4-7,9-12,21H,2-3,8,13H2,1H3,(H,22,24). The molecule has 0 aliphatic carbocycles. The van der Waals surface area contributed by atoms with Crippen LogP contribution in [0.4, 0.5) is 11.4 Å². The van der Waals surface area contributed by atoms with Crippen LogP contribution < -0.4 is 15.5 Å². The Morgan fingerprint density at radius 2 is 1.72 bits per heavy atom. The number of amides is 2. The van der Waals surface area contributed by atoms with Crippen molar-refractivity contribution in [2.75, 3.05) is 16.8 Å². The van der Waals surface area contributed by atoms with Crippen molar-refractivity contribution in [1.29, 1.82) is 0 Å². The lowest BCUT2D eigenvalue weighted by Gasteiger charge is -2.36. The lowest BCUT2D eigenvalue weighted by molar-refractivity contribution is -0.123. The van der Waals surface area contributed by atoms with Crippen molar-refractivity contribution < 1.29 is 9.59 Å². The van der Waals surface area contributed by atoms with Gasteiger partial charge in [0.05, 0.1) is 11.3 Å². The zero-order chi connectivity index (χ0) is 17.4. The van der Waals surface area contributed by atoms with Crippen molar-refractivity contribution in [3.8, 4) is 0 Å². The van der Waals surface area contributed by atoms with Crippen LogP contribution in [0, 0.1) is 0 Å². The Bertz CT molecular complexity index is 848. The third-order valence-corrected chi connectivity index (χ3v) is 4.94. The Morgan fingerprint density at radius 1 is 0.960 bits per heavy atom. The fourth-order valence-corrected chi connectivity index (χ4v) is 3.70. The van der Waals surface area contributed by atoms with Crippen LogP contribution in [0.1, 0.15) is 42.1 Å². The molecule has 128 valence electrons. The highest BCUT2D eigenvalue weighted by Crippen LogP contribution is 2.43. The van der Waals surface area contributed by atoms with E-state index in [1.165, 1.54) is 0 Å². The lowest BCUT2D eigenvalue weighted by atomic mass is 9.96. The summed E-state index contributed by atoms with van der Waals surface area (Å²) in [5, 5.41) is 6.24. The molecule has 2 aromatic rings. The zero-order valence-electron chi connectivity index (χ0n) is 14.2. The van der Waals surface area contributed by atoms with Crippen LogP contribution in [-0.2, 0) is 10.5 Å². The fourth-order valence-electron chi connectivity index (χ4n) is 3.70. The van der Waals surface area contributed by atoms with E-state index in [0.29, 0.717) is 17.8 Å². The molecule has 0 radical (unpaired) electrons. The predicted octanol–water partition coefficient (Wildman–Crippen LogP) is 3.23. The summed E-state index contributed by atoms with van der Waals surface area (Å²) >= 11 is 0. The van der Waals surface area contributed by atoms with Gasteiger partial charge in [-0.3, -0.25) is 9.59 Å². The van der Waals surface area contributed by atoms with Gasteiger partial charge in [-0.05, 0) is 24.6 Å². The molecule has 2 amide bonds. The van der Waals surface area contributed by atoms with Crippen LogP contribution in [0.25, 0.3) is 0 Å². The predicted molar refractivity (Wildman–Crippen MR) is 97.5 cm³/mol. The minimum Gasteiger partial charge on any atom is -0.350 e. The minimum absolute atomic E-state index is 0.118. The second-order valence-electron chi connectivity index (χ2n) is 6.56. The summed E-state index contributed by atoms with van der Waals surface area (Å²) in [6.07, 6.45) is 3.11. The maximum absolute atomic E-state index is 13.3. The molecule has 2 aliphatic heterocycles. The van der Waals surface area contributed by atoms with E-state index in [1.807, 2.05) is 42.5 Å². The van der Waals surface area contributed by atoms with Gasteiger partial charge in [-0.25, -0.2) is 0 Å². The number of para-hydroxylation sites is 2. The van der Waals surface area contributed by atoms with Gasteiger partial charge in [0.2, 0.25) is 5.66 Å². The van der Waals surface area contributed by atoms with Gasteiger partial charge in [0, 0.05) is 17.8 Å². The first-order chi connectivity index (χ1) is 12.2. The van der Waals surface area contributed by atoms with E-state index in [-0.39, 0.29) is 11.8 Å². The molecular weight excluding hydrogens is 314 g/mol. The largest absolute Gasteiger partial charge is 0.350 e. The van der Waals surface area contributed by atoms with Crippen LogP contribution in [-0.4, -0.2) is 18.4 Å². The normalized spacial score (nSPS) is 20.9. The third kappa shape index (κ3) is 2.30. The number of rotatable bonds is 4. The summed E-state index contributed by atoms with van der Waals surface area (Å²) in [6, 6.07) is 15.0. The van der Waals surface area contributed by atoms with E-state index < -0.39 is 5.66 Å². The first kappa shape index (κ1) is 15.7. The number of benzene rings is 2. The van der Waals surface area contributed by atoms with Crippen LogP contribution >= 0.6 is 0 Å². The lowest BCUT2D eigenvalue weighted by Crippen LogP contribution is -2.60. The van der Waals surface area contributed by atoms with E-state index in [2.05, 4.69) is 17.6 Å². The van der Waals surface area contributed by atoms with Gasteiger partial charge in [-0.2, -0.15) is 0 Å². The van der Waals surface area contributed by atoms with E-state index in [9.17, 15) is 9.59 Å². The number of carbonyl (C=O) groups excluding carboxylic acids is 2. The molecule has 0 saturated heterocycles. The molecule has 0 fully saturated rings. The van der Waals surface area contributed by atoms with Crippen molar-refractivity contribution in [2.24, 2.45) is 0 Å². The number of carbonyl (C=O) groups is 2. The second kappa shape index (κ2) is 5.92. The SMILES string of the molecule is CCCCCN1C(=O)C2(NC(=O)c3ccccc3N2)c2ccccc21. The molecule has 2 aliphatic rings. The number of nitrogens with one attached hydrogen (secondary N) is 2. The van der Waals surface area contributed by atoms with E-state index in [1.54, 1.807) is 11.0 Å². The molecule has 2 N–H and O–H groups in total.